The maximum absolute atomic E-state index is 5.98. The van der Waals surface area contributed by atoms with Crippen LogP contribution in [0, 0.1) is 11.8 Å². The molecule has 0 radical (unpaired) electrons. The van der Waals surface area contributed by atoms with Gasteiger partial charge in [0, 0.05) is 19.8 Å². The van der Waals surface area contributed by atoms with E-state index in [1.807, 2.05) is 0 Å². The quantitative estimate of drug-likeness (QED) is 0.412. The van der Waals surface area contributed by atoms with Gasteiger partial charge in [0.1, 0.15) is 18.3 Å². The van der Waals surface area contributed by atoms with Crippen molar-refractivity contribution in [2.45, 2.75) is 57.3 Å². The van der Waals surface area contributed by atoms with Crippen LogP contribution < -0.4 is 0 Å². The molecule has 2 heterocycles. The minimum atomic E-state index is 0.0306. The molecule has 152 valence electrons. The maximum atomic E-state index is 5.98. The Morgan fingerprint density at radius 1 is 0.769 bits per heavy atom. The fourth-order valence-electron chi connectivity index (χ4n) is 3.39. The molecule has 3 atom stereocenters. The molecule has 0 aromatic rings. The van der Waals surface area contributed by atoms with E-state index in [1.54, 1.807) is 0 Å². The first-order chi connectivity index (χ1) is 12.8. The molecule has 6 nitrogen and oxygen atoms in total. The van der Waals surface area contributed by atoms with Crippen molar-refractivity contribution in [3.8, 4) is 0 Å². The van der Waals surface area contributed by atoms with E-state index in [4.69, 9.17) is 28.4 Å². The molecule has 2 saturated heterocycles. The SMILES string of the molecule is CCCOC(COCC1CCC(COCC2CO2)CC1)COCC1CO1. The van der Waals surface area contributed by atoms with Gasteiger partial charge in [0.25, 0.3) is 0 Å². The molecule has 2 aliphatic heterocycles. The average molecular weight is 373 g/mol. The zero-order valence-electron chi connectivity index (χ0n) is 16.2. The Morgan fingerprint density at radius 3 is 1.81 bits per heavy atom. The van der Waals surface area contributed by atoms with Crippen molar-refractivity contribution in [3.63, 3.8) is 0 Å². The summed E-state index contributed by atoms with van der Waals surface area (Å²) in [5.41, 5.74) is 0. The lowest BCUT2D eigenvalue weighted by atomic mass is 9.83. The Labute approximate surface area is 157 Å². The molecule has 6 heteroatoms. The fourth-order valence-corrected chi connectivity index (χ4v) is 3.39. The van der Waals surface area contributed by atoms with Crippen LogP contribution in [0.4, 0.5) is 0 Å². The maximum Gasteiger partial charge on any atom is 0.104 e. The van der Waals surface area contributed by atoms with Gasteiger partial charge in [-0.3, -0.25) is 0 Å². The Hall–Kier alpha value is -0.240. The first-order valence-electron chi connectivity index (χ1n) is 10.4. The van der Waals surface area contributed by atoms with E-state index in [-0.39, 0.29) is 6.10 Å². The highest BCUT2D eigenvalue weighted by Gasteiger charge is 2.26. The van der Waals surface area contributed by atoms with Crippen molar-refractivity contribution in [1.29, 1.82) is 0 Å². The fraction of sp³-hybridized carbons (Fsp3) is 1.00. The third-order valence-corrected chi connectivity index (χ3v) is 5.25. The first kappa shape index (κ1) is 20.5. The van der Waals surface area contributed by atoms with Gasteiger partial charge in [-0.1, -0.05) is 6.92 Å². The minimum absolute atomic E-state index is 0.0306. The van der Waals surface area contributed by atoms with Gasteiger partial charge in [0.2, 0.25) is 0 Å². The summed E-state index contributed by atoms with van der Waals surface area (Å²) >= 11 is 0. The van der Waals surface area contributed by atoms with Crippen molar-refractivity contribution in [1.82, 2.24) is 0 Å². The Kier molecular flexibility index (Phi) is 9.12. The predicted octanol–water partition coefficient (Wildman–Crippen LogP) is 2.44. The second-order valence-corrected chi connectivity index (χ2v) is 7.90. The lowest BCUT2D eigenvalue weighted by Crippen LogP contribution is -2.29. The van der Waals surface area contributed by atoms with Crippen LogP contribution in [0.25, 0.3) is 0 Å². The van der Waals surface area contributed by atoms with E-state index in [0.717, 1.165) is 46.1 Å². The summed E-state index contributed by atoms with van der Waals surface area (Å²) in [5, 5.41) is 0. The Morgan fingerprint density at radius 2 is 1.27 bits per heavy atom. The number of hydrogen-bond donors (Lipinski definition) is 0. The van der Waals surface area contributed by atoms with Crippen LogP contribution in [-0.4, -0.2) is 77.8 Å². The van der Waals surface area contributed by atoms with Gasteiger partial charge in [-0.25, -0.2) is 0 Å². The molecule has 3 rings (SSSR count). The molecule has 0 aromatic heterocycles. The van der Waals surface area contributed by atoms with Gasteiger partial charge >= 0.3 is 0 Å². The summed E-state index contributed by atoms with van der Waals surface area (Å²) in [6.07, 6.45) is 6.71. The smallest absolute Gasteiger partial charge is 0.104 e. The molecule has 3 aliphatic rings. The van der Waals surface area contributed by atoms with Gasteiger partial charge in [0.05, 0.1) is 39.6 Å². The summed E-state index contributed by atoms with van der Waals surface area (Å²) < 4.78 is 33.6. The van der Waals surface area contributed by atoms with Crippen LogP contribution in [0.15, 0.2) is 0 Å². The van der Waals surface area contributed by atoms with Crippen molar-refractivity contribution >= 4 is 0 Å². The molecule has 0 bridgehead atoms. The molecule has 1 saturated carbocycles. The van der Waals surface area contributed by atoms with E-state index < -0.39 is 0 Å². The van der Waals surface area contributed by atoms with Crippen LogP contribution in [0.1, 0.15) is 39.0 Å². The number of hydrogen-bond acceptors (Lipinski definition) is 6. The topological polar surface area (TPSA) is 62.0 Å². The van der Waals surface area contributed by atoms with E-state index in [1.165, 1.54) is 25.7 Å². The third kappa shape index (κ3) is 8.63. The molecular weight excluding hydrogens is 336 g/mol. The normalized spacial score (nSPS) is 31.7. The molecule has 0 aromatic carbocycles. The second kappa shape index (κ2) is 11.6. The van der Waals surface area contributed by atoms with Gasteiger partial charge in [-0.2, -0.15) is 0 Å². The molecule has 0 N–H and O–H groups in total. The molecule has 3 fully saturated rings. The third-order valence-electron chi connectivity index (χ3n) is 5.25. The standard InChI is InChI=1S/C20H36O6/c1-2-7-24-18(11-23-13-20-15-26-20)10-21-8-16-3-5-17(6-4-16)9-22-12-19-14-25-19/h16-20H,2-15H2,1H3. The van der Waals surface area contributed by atoms with Crippen molar-refractivity contribution in [2.24, 2.45) is 11.8 Å². The zero-order valence-corrected chi connectivity index (χ0v) is 16.2. The van der Waals surface area contributed by atoms with Crippen LogP contribution in [0.2, 0.25) is 0 Å². The Bertz CT molecular complexity index is 363. The van der Waals surface area contributed by atoms with E-state index in [0.29, 0.717) is 43.9 Å². The van der Waals surface area contributed by atoms with E-state index >= 15 is 0 Å². The lowest BCUT2D eigenvalue weighted by Gasteiger charge is -2.28. The number of rotatable bonds is 15. The average Bonchev–Trinajstić information content (AvgIpc) is 3.56. The second-order valence-electron chi connectivity index (χ2n) is 7.90. The molecule has 1 aliphatic carbocycles. The van der Waals surface area contributed by atoms with Crippen molar-refractivity contribution < 1.29 is 28.4 Å². The summed E-state index contributed by atoms with van der Waals surface area (Å²) in [4.78, 5) is 0. The van der Waals surface area contributed by atoms with Gasteiger partial charge in [-0.05, 0) is 43.9 Å². The molecular formula is C20H36O6. The Balaban J connectivity index is 1.21. The van der Waals surface area contributed by atoms with Crippen LogP contribution in [0.5, 0.6) is 0 Å². The highest BCUT2D eigenvalue weighted by Crippen LogP contribution is 2.29. The molecule has 26 heavy (non-hydrogen) atoms. The highest BCUT2D eigenvalue weighted by molar-refractivity contribution is 4.74. The summed E-state index contributed by atoms with van der Waals surface area (Å²) in [6, 6.07) is 0. The number of ether oxygens (including phenoxy) is 6. The largest absolute Gasteiger partial charge is 0.378 e. The van der Waals surface area contributed by atoms with Crippen LogP contribution in [-0.2, 0) is 28.4 Å². The van der Waals surface area contributed by atoms with Crippen molar-refractivity contribution in [2.75, 3.05) is 59.5 Å². The number of epoxide rings is 2. The van der Waals surface area contributed by atoms with Crippen LogP contribution in [0.3, 0.4) is 0 Å². The molecule has 0 spiro atoms. The van der Waals surface area contributed by atoms with Gasteiger partial charge in [-0.15, -0.1) is 0 Å². The van der Waals surface area contributed by atoms with Crippen molar-refractivity contribution in [3.05, 3.63) is 0 Å². The summed E-state index contributed by atoms with van der Waals surface area (Å²) in [6.45, 7) is 8.98. The predicted molar refractivity (Wildman–Crippen MR) is 97.4 cm³/mol. The van der Waals surface area contributed by atoms with E-state index in [2.05, 4.69) is 6.92 Å². The van der Waals surface area contributed by atoms with Gasteiger partial charge < -0.3 is 28.4 Å². The minimum Gasteiger partial charge on any atom is -0.378 e. The first-order valence-corrected chi connectivity index (χ1v) is 10.4. The lowest BCUT2D eigenvalue weighted by molar-refractivity contribution is -0.0683. The molecule has 3 unspecified atom stereocenters. The summed E-state index contributed by atoms with van der Waals surface area (Å²) in [5.74, 6) is 1.38. The van der Waals surface area contributed by atoms with Crippen LogP contribution >= 0.6 is 0 Å². The molecule has 0 amide bonds. The monoisotopic (exact) mass is 372 g/mol. The zero-order chi connectivity index (χ0) is 18.0. The van der Waals surface area contributed by atoms with Gasteiger partial charge in [0.15, 0.2) is 0 Å². The van der Waals surface area contributed by atoms with E-state index in [9.17, 15) is 0 Å². The summed E-state index contributed by atoms with van der Waals surface area (Å²) in [7, 11) is 0. The highest BCUT2D eigenvalue weighted by atomic mass is 16.6.